The average molecular weight is 264 g/mol. The summed E-state index contributed by atoms with van der Waals surface area (Å²) in [6, 6.07) is 4.04. The van der Waals surface area contributed by atoms with E-state index in [1.165, 1.54) is 25.3 Å². The summed E-state index contributed by atoms with van der Waals surface area (Å²) >= 11 is 0. The molecule has 0 fully saturated rings. The summed E-state index contributed by atoms with van der Waals surface area (Å²) in [6.07, 6.45) is 0.657. The molecule has 2 aromatic rings. The van der Waals surface area contributed by atoms with E-state index >= 15 is 0 Å². The van der Waals surface area contributed by atoms with Gasteiger partial charge < -0.3 is 10.1 Å². The van der Waals surface area contributed by atoms with Crippen LogP contribution < -0.4 is 10.1 Å². The fourth-order valence-electron chi connectivity index (χ4n) is 1.48. The molecule has 6 nitrogen and oxygen atoms in total. The molecule has 0 radical (unpaired) electrons. The number of hydrogen-bond acceptors (Lipinski definition) is 4. The topological polar surface area (TPSA) is 79.9 Å². The van der Waals surface area contributed by atoms with Gasteiger partial charge in [-0.1, -0.05) is 6.92 Å². The molecule has 0 unspecified atom stereocenters. The average Bonchev–Trinajstić information content (AvgIpc) is 2.90. The number of ether oxygens (including phenoxy) is 1. The number of methoxy groups -OCH3 is 1. The van der Waals surface area contributed by atoms with E-state index in [9.17, 15) is 9.18 Å². The van der Waals surface area contributed by atoms with Crippen molar-refractivity contribution in [1.29, 1.82) is 0 Å². The largest absolute Gasteiger partial charge is 0.494 e. The highest BCUT2D eigenvalue weighted by atomic mass is 19.1. The van der Waals surface area contributed by atoms with E-state index in [-0.39, 0.29) is 11.6 Å². The highest BCUT2D eigenvalue weighted by Gasteiger charge is 2.13. The zero-order chi connectivity index (χ0) is 13.8. The van der Waals surface area contributed by atoms with Gasteiger partial charge in [0, 0.05) is 18.2 Å². The van der Waals surface area contributed by atoms with Gasteiger partial charge in [-0.25, -0.2) is 9.37 Å². The van der Waals surface area contributed by atoms with Gasteiger partial charge in [-0.05, 0) is 12.1 Å². The molecule has 0 aliphatic heterocycles. The molecule has 1 aromatic carbocycles. The van der Waals surface area contributed by atoms with Crippen LogP contribution in [0.15, 0.2) is 18.2 Å². The van der Waals surface area contributed by atoms with Crippen molar-refractivity contribution in [2.24, 2.45) is 0 Å². The summed E-state index contributed by atoms with van der Waals surface area (Å²) in [7, 11) is 1.35. The first-order valence-corrected chi connectivity index (χ1v) is 5.70. The van der Waals surface area contributed by atoms with E-state index in [1.54, 1.807) is 0 Å². The summed E-state index contributed by atoms with van der Waals surface area (Å²) in [5, 5.41) is 9.00. The lowest BCUT2D eigenvalue weighted by molar-refractivity contribution is 0.101. The minimum absolute atomic E-state index is 0.0418. The van der Waals surface area contributed by atoms with E-state index < -0.39 is 11.7 Å². The van der Waals surface area contributed by atoms with Crippen molar-refractivity contribution in [2.45, 2.75) is 13.3 Å². The van der Waals surface area contributed by atoms with Crippen LogP contribution in [-0.2, 0) is 6.42 Å². The predicted octanol–water partition coefficient (Wildman–Crippen LogP) is 1.77. The normalized spacial score (nSPS) is 10.3. The van der Waals surface area contributed by atoms with Gasteiger partial charge >= 0.3 is 0 Å². The SMILES string of the molecule is CCc1nc(C(=O)Nc2ccc(F)c(OC)c2)n[nH]1. The molecule has 0 aliphatic carbocycles. The number of aryl methyl sites for hydroxylation is 1. The lowest BCUT2D eigenvalue weighted by Crippen LogP contribution is -2.14. The molecule has 0 aliphatic rings. The second-order valence-electron chi connectivity index (χ2n) is 3.76. The lowest BCUT2D eigenvalue weighted by atomic mass is 10.3. The number of carbonyl (C=O) groups excluding carboxylic acids is 1. The van der Waals surface area contributed by atoms with Gasteiger partial charge in [-0.2, -0.15) is 0 Å². The van der Waals surface area contributed by atoms with Crippen LogP contribution in [0, 0.1) is 5.82 Å². The number of nitrogens with one attached hydrogen (secondary N) is 2. The predicted molar refractivity (Wildman–Crippen MR) is 66.7 cm³/mol. The Morgan fingerprint density at radius 2 is 2.32 bits per heavy atom. The molecule has 0 saturated heterocycles. The Morgan fingerprint density at radius 1 is 1.53 bits per heavy atom. The third kappa shape index (κ3) is 2.87. The van der Waals surface area contributed by atoms with E-state index in [2.05, 4.69) is 20.5 Å². The molecule has 0 spiro atoms. The number of anilines is 1. The number of hydrogen-bond donors (Lipinski definition) is 2. The Hall–Kier alpha value is -2.44. The van der Waals surface area contributed by atoms with Crippen LogP contribution >= 0.6 is 0 Å². The molecule has 1 aromatic heterocycles. The summed E-state index contributed by atoms with van der Waals surface area (Å²) in [5.41, 5.74) is 0.408. The van der Waals surface area contributed by atoms with Gasteiger partial charge in [-0.3, -0.25) is 9.89 Å². The molecule has 0 bridgehead atoms. The van der Waals surface area contributed by atoms with E-state index in [0.29, 0.717) is 17.9 Å². The summed E-state index contributed by atoms with van der Waals surface area (Å²) in [4.78, 5) is 15.8. The summed E-state index contributed by atoms with van der Waals surface area (Å²) in [5.74, 6) is -0.236. The molecular formula is C12H13FN4O2. The molecule has 2 rings (SSSR count). The van der Waals surface area contributed by atoms with Crippen molar-refractivity contribution in [3.05, 3.63) is 35.7 Å². The second-order valence-corrected chi connectivity index (χ2v) is 3.76. The number of halogens is 1. The van der Waals surface area contributed by atoms with E-state index in [4.69, 9.17) is 4.74 Å². The number of rotatable bonds is 4. The number of benzene rings is 1. The van der Waals surface area contributed by atoms with E-state index in [0.717, 1.165) is 0 Å². The Bertz CT molecular complexity index is 597. The number of nitrogens with zero attached hydrogens (tertiary/aromatic N) is 2. The number of amides is 1. The van der Waals surface area contributed by atoms with Crippen molar-refractivity contribution in [3.63, 3.8) is 0 Å². The van der Waals surface area contributed by atoms with Gasteiger partial charge in [-0.15, -0.1) is 5.10 Å². The molecule has 0 saturated carbocycles. The highest BCUT2D eigenvalue weighted by Crippen LogP contribution is 2.21. The van der Waals surface area contributed by atoms with Crippen molar-refractivity contribution in [1.82, 2.24) is 15.2 Å². The quantitative estimate of drug-likeness (QED) is 0.882. The molecule has 100 valence electrons. The number of H-pyrrole nitrogens is 1. The van der Waals surface area contributed by atoms with Crippen LogP contribution in [0.25, 0.3) is 0 Å². The third-order valence-electron chi connectivity index (χ3n) is 2.48. The van der Waals surface area contributed by atoms with Crippen molar-refractivity contribution < 1.29 is 13.9 Å². The van der Waals surface area contributed by atoms with Crippen LogP contribution in [0.2, 0.25) is 0 Å². The molecule has 2 N–H and O–H groups in total. The smallest absolute Gasteiger partial charge is 0.295 e. The second kappa shape index (κ2) is 5.47. The summed E-state index contributed by atoms with van der Waals surface area (Å²) in [6.45, 7) is 1.90. The lowest BCUT2D eigenvalue weighted by Gasteiger charge is -2.06. The maximum Gasteiger partial charge on any atom is 0.295 e. The monoisotopic (exact) mass is 264 g/mol. The fraction of sp³-hybridized carbons (Fsp3) is 0.250. The van der Waals surface area contributed by atoms with Crippen LogP contribution in [0.1, 0.15) is 23.4 Å². The molecule has 1 heterocycles. The fourth-order valence-corrected chi connectivity index (χ4v) is 1.48. The zero-order valence-electron chi connectivity index (χ0n) is 10.5. The van der Waals surface area contributed by atoms with Crippen molar-refractivity contribution in [3.8, 4) is 5.75 Å². The van der Waals surface area contributed by atoms with Crippen LogP contribution in [0.3, 0.4) is 0 Å². The van der Waals surface area contributed by atoms with Gasteiger partial charge in [0.05, 0.1) is 7.11 Å². The first-order chi connectivity index (χ1) is 9.13. The Balaban J connectivity index is 2.14. The molecule has 19 heavy (non-hydrogen) atoms. The number of carbonyl (C=O) groups is 1. The van der Waals surface area contributed by atoms with Crippen molar-refractivity contribution in [2.75, 3.05) is 12.4 Å². The first kappa shape index (κ1) is 13.0. The minimum atomic E-state index is -0.494. The van der Waals surface area contributed by atoms with Crippen LogP contribution in [-0.4, -0.2) is 28.2 Å². The highest BCUT2D eigenvalue weighted by molar-refractivity contribution is 6.01. The molecule has 7 heteroatoms. The maximum atomic E-state index is 13.2. The van der Waals surface area contributed by atoms with Crippen molar-refractivity contribution >= 4 is 11.6 Å². The molecule has 0 atom stereocenters. The number of aromatic amines is 1. The standard InChI is InChI=1S/C12H13FN4O2/c1-3-10-15-11(17-16-10)12(18)14-7-4-5-8(13)9(6-7)19-2/h4-6H,3H2,1-2H3,(H,14,18)(H,15,16,17). The number of aromatic nitrogens is 3. The maximum absolute atomic E-state index is 13.2. The zero-order valence-corrected chi connectivity index (χ0v) is 10.5. The Kier molecular flexibility index (Phi) is 3.74. The molecular weight excluding hydrogens is 251 g/mol. The first-order valence-electron chi connectivity index (χ1n) is 5.70. The van der Waals surface area contributed by atoms with Crippen LogP contribution in [0.4, 0.5) is 10.1 Å². The van der Waals surface area contributed by atoms with Crippen LogP contribution in [0.5, 0.6) is 5.75 Å². The van der Waals surface area contributed by atoms with E-state index in [1.807, 2.05) is 6.92 Å². The van der Waals surface area contributed by atoms with Gasteiger partial charge in [0.25, 0.3) is 5.91 Å². The molecule has 1 amide bonds. The van der Waals surface area contributed by atoms with Gasteiger partial charge in [0.2, 0.25) is 5.82 Å². The van der Waals surface area contributed by atoms with Gasteiger partial charge in [0.15, 0.2) is 11.6 Å². The van der Waals surface area contributed by atoms with Gasteiger partial charge in [0.1, 0.15) is 5.82 Å². The third-order valence-corrected chi connectivity index (χ3v) is 2.48. The Morgan fingerprint density at radius 3 is 2.95 bits per heavy atom. The Labute approximate surface area is 109 Å². The summed E-state index contributed by atoms with van der Waals surface area (Å²) < 4.78 is 18.0. The minimum Gasteiger partial charge on any atom is -0.494 e.